The Morgan fingerprint density at radius 2 is 2.20 bits per heavy atom. The minimum atomic E-state index is 0.0563. The van der Waals surface area contributed by atoms with Crippen LogP contribution in [-0.4, -0.2) is 40.9 Å². The molecule has 1 aliphatic heterocycles. The first kappa shape index (κ1) is 13.4. The van der Waals surface area contributed by atoms with Crippen LogP contribution in [0.1, 0.15) is 32.1 Å². The molecule has 2 aliphatic rings. The summed E-state index contributed by atoms with van der Waals surface area (Å²) < 4.78 is 1.70. The molecule has 6 heteroatoms. The third-order valence-corrected chi connectivity index (χ3v) is 3.83. The van der Waals surface area contributed by atoms with Gasteiger partial charge in [0, 0.05) is 18.3 Å². The van der Waals surface area contributed by atoms with Crippen LogP contribution in [0.2, 0.25) is 0 Å². The molecule has 1 atom stereocenters. The van der Waals surface area contributed by atoms with Crippen LogP contribution in [0.3, 0.4) is 0 Å². The minimum Gasteiger partial charge on any atom is -0.380 e. The fourth-order valence-corrected chi connectivity index (χ4v) is 2.57. The van der Waals surface area contributed by atoms with E-state index in [2.05, 4.69) is 21.0 Å². The molecule has 1 saturated heterocycles. The number of hydrogen-bond acceptors (Lipinski definition) is 4. The molecule has 0 aromatic carbocycles. The third kappa shape index (κ3) is 3.96. The van der Waals surface area contributed by atoms with Crippen molar-refractivity contribution in [3.05, 3.63) is 12.4 Å². The molecule has 1 unspecified atom stereocenters. The molecule has 0 spiro atoms. The van der Waals surface area contributed by atoms with Crippen LogP contribution < -0.4 is 16.0 Å². The van der Waals surface area contributed by atoms with E-state index in [1.54, 1.807) is 4.68 Å². The number of carbonyl (C=O) groups excluding carboxylic acids is 1. The van der Waals surface area contributed by atoms with E-state index in [4.69, 9.17) is 0 Å². The first-order valence-corrected chi connectivity index (χ1v) is 7.59. The molecule has 6 nitrogen and oxygen atoms in total. The van der Waals surface area contributed by atoms with Crippen molar-refractivity contribution >= 4 is 11.6 Å². The van der Waals surface area contributed by atoms with Gasteiger partial charge in [-0.15, -0.1) is 0 Å². The number of rotatable bonds is 5. The Bertz CT molecular complexity index is 446. The molecule has 110 valence electrons. The van der Waals surface area contributed by atoms with Gasteiger partial charge in [0.25, 0.3) is 0 Å². The van der Waals surface area contributed by atoms with Crippen molar-refractivity contribution in [1.29, 1.82) is 0 Å². The molecule has 1 aliphatic carbocycles. The van der Waals surface area contributed by atoms with Gasteiger partial charge in [0.2, 0.25) is 5.91 Å². The fourth-order valence-electron chi connectivity index (χ4n) is 2.57. The highest BCUT2D eigenvalue weighted by atomic mass is 16.2. The monoisotopic (exact) mass is 277 g/mol. The molecular weight excluding hydrogens is 254 g/mol. The number of hydrogen-bond donors (Lipinski definition) is 3. The van der Waals surface area contributed by atoms with Crippen molar-refractivity contribution in [2.45, 2.75) is 50.7 Å². The summed E-state index contributed by atoms with van der Waals surface area (Å²) in [6.45, 7) is 2.48. The van der Waals surface area contributed by atoms with E-state index in [9.17, 15) is 4.79 Å². The summed E-state index contributed by atoms with van der Waals surface area (Å²) in [7, 11) is 0. The predicted molar refractivity (Wildman–Crippen MR) is 77.5 cm³/mol. The molecule has 3 rings (SSSR count). The maximum atomic E-state index is 11.7. The van der Waals surface area contributed by atoms with Gasteiger partial charge in [-0.1, -0.05) is 0 Å². The predicted octanol–water partition coefficient (Wildman–Crippen LogP) is 0.716. The second-order valence-electron chi connectivity index (χ2n) is 5.79. The van der Waals surface area contributed by atoms with Gasteiger partial charge < -0.3 is 16.0 Å². The van der Waals surface area contributed by atoms with E-state index < -0.39 is 0 Å². The highest BCUT2D eigenvalue weighted by molar-refractivity contribution is 5.76. The Balaban J connectivity index is 1.48. The van der Waals surface area contributed by atoms with Gasteiger partial charge in [-0.25, -0.2) is 0 Å². The van der Waals surface area contributed by atoms with Crippen molar-refractivity contribution in [3.63, 3.8) is 0 Å². The summed E-state index contributed by atoms with van der Waals surface area (Å²) in [4.78, 5) is 11.7. The van der Waals surface area contributed by atoms with Crippen LogP contribution in [0.4, 0.5) is 5.69 Å². The molecule has 2 fully saturated rings. The Labute approximate surface area is 119 Å². The first-order chi connectivity index (χ1) is 9.79. The van der Waals surface area contributed by atoms with Gasteiger partial charge in [0.05, 0.1) is 11.9 Å². The Hall–Kier alpha value is -1.56. The van der Waals surface area contributed by atoms with E-state index >= 15 is 0 Å². The third-order valence-electron chi connectivity index (χ3n) is 3.83. The normalized spacial score (nSPS) is 23.1. The van der Waals surface area contributed by atoms with Crippen molar-refractivity contribution in [2.24, 2.45) is 0 Å². The second-order valence-corrected chi connectivity index (χ2v) is 5.79. The average molecular weight is 277 g/mol. The SMILES string of the molecule is O=C(Cn1cc(NC2CCCNCC2)cn1)NC1CC1. The number of anilines is 1. The van der Waals surface area contributed by atoms with Crippen LogP contribution in [0, 0.1) is 0 Å². The molecule has 1 saturated carbocycles. The number of nitrogens with zero attached hydrogens (tertiary/aromatic N) is 2. The first-order valence-electron chi connectivity index (χ1n) is 7.59. The van der Waals surface area contributed by atoms with Crippen molar-refractivity contribution in [1.82, 2.24) is 20.4 Å². The topological polar surface area (TPSA) is 71.0 Å². The zero-order valence-electron chi connectivity index (χ0n) is 11.8. The van der Waals surface area contributed by atoms with Gasteiger partial charge in [-0.3, -0.25) is 9.48 Å². The summed E-state index contributed by atoms with van der Waals surface area (Å²) in [6.07, 6.45) is 9.48. The zero-order chi connectivity index (χ0) is 13.8. The molecule has 0 bridgehead atoms. The van der Waals surface area contributed by atoms with Gasteiger partial charge in [0.1, 0.15) is 6.54 Å². The van der Waals surface area contributed by atoms with Crippen LogP contribution in [-0.2, 0) is 11.3 Å². The van der Waals surface area contributed by atoms with E-state index in [-0.39, 0.29) is 5.91 Å². The molecule has 20 heavy (non-hydrogen) atoms. The average Bonchev–Trinajstić information content (AvgIpc) is 3.17. The summed E-state index contributed by atoms with van der Waals surface area (Å²) >= 11 is 0. The lowest BCUT2D eigenvalue weighted by Crippen LogP contribution is -2.29. The second kappa shape index (κ2) is 6.26. The lowest BCUT2D eigenvalue weighted by Gasteiger charge is -2.15. The van der Waals surface area contributed by atoms with E-state index in [0.717, 1.165) is 38.0 Å². The minimum absolute atomic E-state index is 0.0563. The maximum Gasteiger partial charge on any atom is 0.241 e. The molecule has 2 heterocycles. The molecule has 3 N–H and O–H groups in total. The van der Waals surface area contributed by atoms with Crippen molar-refractivity contribution < 1.29 is 4.79 Å². The molecule has 1 aromatic heterocycles. The fraction of sp³-hybridized carbons (Fsp3) is 0.714. The van der Waals surface area contributed by atoms with Crippen molar-refractivity contribution in [2.75, 3.05) is 18.4 Å². The Morgan fingerprint density at radius 1 is 1.30 bits per heavy atom. The lowest BCUT2D eigenvalue weighted by molar-refractivity contribution is -0.122. The molecule has 0 radical (unpaired) electrons. The van der Waals surface area contributed by atoms with Crippen LogP contribution >= 0.6 is 0 Å². The summed E-state index contributed by atoms with van der Waals surface area (Å²) in [5.74, 6) is 0.0563. The van der Waals surface area contributed by atoms with Crippen LogP contribution in [0.5, 0.6) is 0 Å². The standard InChI is InChI=1S/C14H23N5O/c20-14(18-12-3-4-12)10-19-9-13(8-16-19)17-11-2-1-6-15-7-5-11/h8-9,11-12,15,17H,1-7,10H2,(H,18,20). The van der Waals surface area contributed by atoms with Crippen LogP contribution in [0.15, 0.2) is 12.4 Å². The number of nitrogens with one attached hydrogen (secondary N) is 3. The Morgan fingerprint density at radius 3 is 3.05 bits per heavy atom. The highest BCUT2D eigenvalue weighted by Gasteiger charge is 2.23. The van der Waals surface area contributed by atoms with Gasteiger partial charge in [0.15, 0.2) is 0 Å². The number of carbonyl (C=O) groups is 1. The number of aromatic nitrogens is 2. The largest absolute Gasteiger partial charge is 0.380 e. The van der Waals surface area contributed by atoms with Crippen molar-refractivity contribution in [3.8, 4) is 0 Å². The molecule has 1 aromatic rings. The maximum absolute atomic E-state index is 11.7. The van der Waals surface area contributed by atoms with E-state index in [1.165, 1.54) is 12.8 Å². The van der Waals surface area contributed by atoms with Gasteiger partial charge in [-0.2, -0.15) is 5.10 Å². The van der Waals surface area contributed by atoms with Gasteiger partial charge >= 0.3 is 0 Å². The van der Waals surface area contributed by atoms with Crippen LogP contribution in [0.25, 0.3) is 0 Å². The lowest BCUT2D eigenvalue weighted by atomic mass is 10.1. The summed E-state index contributed by atoms with van der Waals surface area (Å²) in [5.41, 5.74) is 1.01. The smallest absolute Gasteiger partial charge is 0.241 e. The van der Waals surface area contributed by atoms with E-state index in [1.807, 2.05) is 12.4 Å². The Kier molecular flexibility index (Phi) is 4.20. The highest BCUT2D eigenvalue weighted by Crippen LogP contribution is 2.18. The number of amides is 1. The summed E-state index contributed by atoms with van der Waals surface area (Å²) in [6, 6.07) is 0.914. The molecule has 1 amide bonds. The van der Waals surface area contributed by atoms with Gasteiger partial charge in [-0.05, 0) is 45.2 Å². The van der Waals surface area contributed by atoms with E-state index in [0.29, 0.717) is 18.6 Å². The zero-order valence-corrected chi connectivity index (χ0v) is 11.8. The quantitative estimate of drug-likeness (QED) is 0.741. The summed E-state index contributed by atoms with van der Waals surface area (Å²) in [5, 5.41) is 14.1. The molecular formula is C14H23N5O.